The van der Waals surface area contributed by atoms with Crippen molar-refractivity contribution in [3.63, 3.8) is 0 Å². The summed E-state index contributed by atoms with van der Waals surface area (Å²) in [6.07, 6.45) is 4.06. The van der Waals surface area contributed by atoms with Gasteiger partial charge in [0.05, 0.1) is 4.87 Å². The molecule has 1 spiro atoms. The van der Waals surface area contributed by atoms with E-state index in [2.05, 4.69) is 29.0 Å². The smallest absolute Gasteiger partial charge is 0.0774 e. The molecule has 2 fully saturated rings. The molecule has 0 aliphatic carbocycles. The first kappa shape index (κ1) is 8.85. The highest BCUT2D eigenvalue weighted by Gasteiger charge is 2.35. The Bertz CT molecular complexity index is 149. The first-order valence-electron chi connectivity index (χ1n) is 4.88. The summed E-state index contributed by atoms with van der Waals surface area (Å²) < 4.78 is 0. The SMILES string of the molecule is CN1CCCC2(C1)NCCCS2. The highest BCUT2D eigenvalue weighted by Crippen LogP contribution is 2.34. The van der Waals surface area contributed by atoms with Crippen LogP contribution in [-0.2, 0) is 0 Å². The minimum absolute atomic E-state index is 0.422. The molecule has 2 nitrogen and oxygen atoms in total. The van der Waals surface area contributed by atoms with Crippen molar-refractivity contribution in [3.05, 3.63) is 0 Å². The molecule has 0 radical (unpaired) electrons. The summed E-state index contributed by atoms with van der Waals surface area (Å²) in [5.41, 5.74) is 0. The van der Waals surface area contributed by atoms with E-state index in [1.54, 1.807) is 0 Å². The van der Waals surface area contributed by atoms with Crippen LogP contribution in [0.2, 0.25) is 0 Å². The van der Waals surface area contributed by atoms with Gasteiger partial charge >= 0.3 is 0 Å². The van der Waals surface area contributed by atoms with Gasteiger partial charge < -0.3 is 10.2 Å². The Morgan fingerprint density at radius 1 is 1.42 bits per heavy atom. The van der Waals surface area contributed by atoms with Gasteiger partial charge in [-0.15, -0.1) is 11.8 Å². The van der Waals surface area contributed by atoms with E-state index < -0.39 is 0 Å². The molecule has 2 heterocycles. The van der Waals surface area contributed by atoms with E-state index >= 15 is 0 Å². The van der Waals surface area contributed by atoms with Crippen LogP contribution in [0.5, 0.6) is 0 Å². The number of thioether (sulfide) groups is 1. The van der Waals surface area contributed by atoms with Crippen LogP contribution >= 0.6 is 11.8 Å². The number of nitrogens with zero attached hydrogens (tertiary/aromatic N) is 1. The zero-order valence-corrected chi connectivity index (χ0v) is 8.62. The summed E-state index contributed by atoms with van der Waals surface area (Å²) in [5.74, 6) is 1.35. The molecule has 3 heteroatoms. The Morgan fingerprint density at radius 2 is 2.33 bits per heavy atom. The molecule has 1 atom stereocenters. The van der Waals surface area contributed by atoms with Crippen molar-refractivity contribution in [1.82, 2.24) is 10.2 Å². The van der Waals surface area contributed by atoms with Gasteiger partial charge in [-0.1, -0.05) is 0 Å². The van der Waals surface area contributed by atoms with E-state index in [4.69, 9.17) is 0 Å². The number of nitrogens with one attached hydrogen (secondary N) is 1. The predicted molar refractivity (Wildman–Crippen MR) is 54.5 cm³/mol. The monoisotopic (exact) mass is 186 g/mol. The fourth-order valence-electron chi connectivity index (χ4n) is 2.20. The number of piperidine rings is 1. The van der Waals surface area contributed by atoms with Gasteiger partial charge in [0.1, 0.15) is 0 Å². The van der Waals surface area contributed by atoms with Gasteiger partial charge in [-0.2, -0.15) is 0 Å². The molecule has 1 unspecified atom stereocenters. The second kappa shape index (κ2) is 3.56. The van der Waals surface area contributed by atoms with Gasteiger partial charge in [0, 0.05) is 6.54 Å². The van der Waals surface area contributed by atoms with Crippen LogP contribution < -0.4 is 5.32 Å². The van der Waals surface area contributed by atoms with E-state index in [1.807, 2.05) is 0 Å². The summed E-state index contributed by atoms with van der Waals surface area (Å²) >= 11 is 2.14. The van der Waals surface area contributed by atoms with Gasteiger partial charge in [-0.25, -0.2) is 0 Å². The van der Waals surface area contributed by atoms with Crippen molar-refractivity contribution in [2.24, 2.45) is 0 Å². The Balaban J connectivity index is 1.97. The third kappa shape index (κ3) is 1.78. The van der Waals surface area contributed by atoms with Crippen molar-refractivity contribution in [3.8, 4) is 0 Å². The summed E-state index contributed by atoms with van der Waals surface area (Å²) in [4.78, 5) is 2.88. The van der Waals surface area contributed by atoms with E-state index in [0.29, 0.717) is 4.87 Å². The first-order chi connectivity index (χ1) is 5.81. The third-order valence-corrected chi connectivity index (χ3v) is 4.32. The molecule has 0 aromatic rings. The normalized spacial score (nSPS) is 38.8. The summed E-state index contributed by atoms with van der Waals surface area (Å²) in [7, 11) is 2.23. The molecule has 2 saturated heterocycles. The van der Waals surface area contributed by atoms with E-state index in [0.717, 1.165) is 0 Å². The zero-order chi connectivity index (χ0) is 8.44. The fraction of sp³-hybridized carbons (Fsp3) is 1.00. The Labute approximate surface area is 79.1 Å². The summed E-state index contributed by atoms with van der Waals surface area (Å²) in [6, 6.07) is 0. The second-order valence-corrected chi connectivity index (χ2v) is 5.44. The molecule has 2 aliphatic heterocycles. The lowest BCUT2D eigenvalue weighted by Crippen LogP contribution is -2.55. The average molecular weight is 186 g/mol. The van der Waals surface area contributed by atoms with Gasteiger partial charge in [-0.3, -0.25) is 0 Å². The van der Waals surface area contributed by atoms with Crippen LogP contribution in [0.4, 0.5) is 0 Å². The lowest BCUT2D eigenvalue weighted by molar-refractivity contribution is 0.205. The average Bonchev–Trinajstić information content (AvgIpc) is 2.05. The van der Waals surface area contributed by atoms with Crippen LogP contribution in [0.25, 0.3) is 0 Å². The molecule has 2 aliphatic rings. The number of hydrogen-bond acceptors (Lipinski definition) is 3. The predicted octanol–water partition coefficient (Wildman–Crippen LogP) is 1.13. The molecule has 12 heavy (non-hydrogen) atoms. The molecule has 70 valence electrons. The number of hydrogen-bond donors (Lipinski definition) is 1. The van der Waals surface area contributed by atoms with Crippen molar-refractivity contribution in [2.45, 2.75) is 24.1 Å². The van der Waals surface area contributed by atoms with Crippen LogP contribution in [0.3, 0.4) is 0 Å². The first-order valence-corrected chi connectivity index (χ1v) is 5.87. The van der Waals surface area contributed by atoms with Crippen LogP contribution in [0.15, 0.2) is 0 Å². The maximum absolute atomic E-state index is 3.69. The van der Waals surface area contributed by atoms with E-state index in [-0.39, 0.29) is 0 Å². The molecular formula is C9H18N2S. The molecule has 2 rings (SSSR count). The topological polar surface area (TPSA) is 15.3 Å². The number of likely N-dealkylation sites (N-methyl/N-ethyl adjacent to an activating group) is 1. The lowest BCUT2D eigenvalue weighted by Gasteiger charge is -2.44. The van der Waals surface area contributed by atoms with Crippen molar-refractivity contribution in [2.75, 3.05) is 32.4 Å². The maximum Gasteiger partial charge on any atom is 0.0774 e. The Hall–Kier alpha value is 0.270. The highest BCUT2D eigenvalue weighted by atomic mass is 32.2. The van der Waals surface area contributed by atoms with E-state index in [1.165, 1.54) is 44.6 Å². The number of likely N-dealkylation sites (tertiary alicyclic amines) is 1. The minimum atomic E-state index is 0.422. The highest BCUT2D eigenvalue weighted by molar-refractivity contribution is 8.00. The summed E-state index contributed by atoms with van der Waals surface area (Å²) in [6.45, 7) is 3.74. The fourth-order valence-corrected chi connectivity index (χ4v) is 3.68. The summed E-state index contributed by atoms with van der Waals surface area (Å²) in [5, 5.41) is 3.69. The lowest BCUT2D eigenvalue weighted by atomic mass is 10.1. The number of rotatable bonds is 0. The molecule has 0 bridgehead atoms. The van der Waals surface area contributed by atoms with Crippen molar-refractivity contribution in [1.29, 1.82) is 0 Å². The maximum atomic E-state index is 3.69. The van der Waals surface area contributed by atoms with Crippen molar-refractivity contribution < 1.29 is 0 Å². The largest absolute Gasteiger partial charge is 0.304 e. The molecule has 1 N–H and O–H groups in total. The Morgan fingerprint density at radius 3 is 3.00 bits per heavy atom. The van der Waals surface area contributed by atoms with Gasteiger partial charge in [0.2, 0.25) is 0 Å². The van der Waals surface area contributed by atoms with Crippen LogP contribution in [-0.4, -0.2) is 42.2 Å². The standard InChI is InChI=1S/C9H18N2S/c1-11-6-2-4-9(8-11)10-5-3-7-12-9/h10H,2-8H2,1H3. The molecule has 0 aromatic heterocycles. The van der Waals surface area contributed by atoms with Gasteiger partial charge in [0.25, 0.3) is 0 Å². The molecule has 0 amide bonds. The third-order valence-electron chi connectivity index (χ3n) is 2.79. The van der Waals surface area contributed by atoms with Crippen LogP contribution in [0.1, 0.15) is 19.3 Å². The van der Waals surface area contributed by atoms with Crippen LogP contribution in [0, 0.1) is 0 Å². The molecular weight excluding hydrogens is 168 g/mol. The molecule has 0 saturated carbocycles. The van der Waals surface area contributed by atoms with E-state index in [9.17, 15) is 0 Å². The second-order valence-electron chi connectivity index (χ2n) is 3.96. The zero-order valence-electron chi connectivity index (χ0n) is 7.81. The van der Waals surface area contributed by atoms with Gasteiger partial charge in [-0.05, 0) is 45.2 Å². The molecule has 0 aromatic carbocycles. The van der Waals surface area contributed by atoms with Crippen molar-refractivity contribution >= 4 is 11.8 Å². The van der Waals surface area contributed by atoms with Gasteiger partial charge in [0.15, 0.2) is 0 Å². The Kier molecular flexibility index (Phi) is 2.63. The minimum Gasteiger partial charge on any atom is -0.304 e. The quantitative estimate of drug-likeness (QED) is 0.610.